The Balaban J connectivity index is 0.00000576. The van der Waals surface area contributed by atoms with Gasteiger partial charge in [0.15, 0.2) is 5.96 Å². The Morgan fingerprint density at radius 1 is 1.24 bits per heavy atom. The second-order valence-electron chi connectivity index (χ2n) is 6.13. The minimum Gasteiger partial charge on any atom is -0.463 e. The summed E-state index contributed by atoms with van der Waals surface area (Å²) in [7, 11) is 0. The second kappa shape index (κ2) is 13.4. The lowest BCUT2D eigenvalue weighted by atomic mass is 10.0. The average Bonchev–Trinajstić information content (AvgIpc) is 2.99. The summed E-state index contributed by atoms with van der Waals surface area (Å²) in [6.45, 7) is 11.1. The van der Waals surface area contributed by atoms with Crippen LogP contribution in [0.5, 0.6) is 0 Å². The molecule has 6 nitrogen and oxygen atoms in total. The summed E-state index contributed by atoms with van der Waals surface area (Å²) < 4.78 is 11.0. The molecule has 1 aromatic rings. The van der Waals surface area contributed by atoms with Gasteiger partial charge in [0.05, 0.1) is 6.54 Å². The number of ether oxygens (including phenoxy) is 1. The van der Waals surface area contributed by atoms with Crippen molar-refractivity contribution in [3.8, 4) is 0 Å². The molecule has 0 spiro atoms. The molecule has 0 aliphatic carbocycles. The molecule has 1 rings (SSSR count). The molecule has 0 radical (unpaired) electrons. The smallest absolute Gasteiger partial charge is 0.191 e. The highest BCUT2D eigenvalue weighted by Crippen LogP contribution is 2.22. The normalized spacial score (nSPS) is 13.9. The number of guanidine groups is 1. The van der Waals surface area contributed by atoms with Gasteiger partial charge in [-0.25, -0.2) is 4.99 Å². The number of aliphatic imine (C=N–C) groups is 1. The fourth-order valence-electron chi connectivity index (χ4n) is 2.11. The summed E-state index contributed by atoms with van der Waals surface area (Å²) in [5.41, 5.74) is -1.13. The zero-order valence-electron chi connectivity index (χ0n) is 15.9. The predicted octanol–water partition coefficient (Wildman–Crippen LogP) is 3.18. The van der Waals surface area contributed by atoms with Gasteiger partial charge in [-0.1, -0.05) is 13.3 Å². The number of furan rings is 1. The maximum absolute atomic E-state index is 10.5. The topological polar surface area (TPSA) is 79.0 Å². The Morgan fingerprint density at radius 3 is 2.56 bits per heavy atom. The largest absolute Gasteiger partial charge is 0.463 e. The Hall–Kier alpha value is -0.800. The number of nitrogens with zero attached hydrogens (tertiary/aromatic N) is 1. The first-order chi connectivity index (χ1) is 11.5. The SMILES string of the molecule is CCCCOCCCNC(=NCC(C)(O)c1ccc(C)o1)NCC.I. The Morgan fingerprint density at radius 2 is 1.96 bits per heavy atom. The van der Waals surface area contributed by atoms with E-state index in [1.165, 1.54) is 0 Å². The first kappa shape index (κ1) is 24.2. The number of aliphatic hydroxyl groups is 1. The monoisotopic (exact) mass is 467 g/mol. The number of unbranched alkanes of at least 4 members (excludes halogenated alkanes) is 1. The van der Waals surface area contributed by atoms with E-state index in [1.54, 1.807) is 13.0 Å². The van der Waals surface area contributed by atoms with E-state index in [0.717, 1.165) is 51.3 Å². The standard InChI is InChI=1S/C18H33N3O3.HI/c1-5-7-12-23-13-8-11-20-17(19-6-2)21-14-18(4,22)16-10-9-15(3)24-16;/h9-10,22H,5-8,11-14H2,1-4H3,(H2,19,20,21);1H. The molecule has 1 aromatic heterocycles. The van der Waals surface area contributed by atoms with Crippen LogP contribution in [-0.2, 0) is 10.3 Å². The van der Waals surface area contributed by atoms with Crippen molar-refractivity contribution in [2.45, 2.75) is 52.6 Å². The van der Waals surface area contributed by atoms with Crippen LogP contribution in [0.2, 0.25) is 0 Å². The van der Waals surface area contributed by atoms with Gasteiger partial charge < -0.3 is 24.9 Å². The van der Waals surface area contributed by atoms with E-state index in [1.807, 2.05) is 19.9 Å². The van der Waals surface area contributed by atoms with E-state index >= 15 is 0 Å². The van der Waals surface area contributed by atoms with Crippen LogP contribution >= 0.6 is 24.0 Å². The minimum atomic E-state index is -1.13. The van der Waals surface area contributed by atoms with Gasteiger partial charge in [-0.2, -0.15) is 0 Å². The summed E-state index contributed by atoms with van der Waals surface area (Å²) >= 11 is 0. The van der Waals surface area contributed by atoms with E-state index in [4.69, 9.17) is 9.15 Å². The molecular formula is C18H34IN3O3. The number of rotatable bonds is 11. The van der Waals surface area contributed by atoms with Gasteiger partial charge in [-0.3, -0.25) is 0 Å². The van der Waals surface area contributed by atoms with Gasteiger partial charge in [0, 0.05) is 26.3 Å². The highest BCUT2D eigenvalue weighted by Gasteiger charge is 2.26. The number of hydrogen-bond donors (Lipinski definition) is 3. The van der Waals surface area contributed by atoms with Crippen molar-refractivity contribution in [3.63, 3.8) is 0 Å². The van der Waals surface area contributed by atoms with Crippen molar-refractivity contribution < 1.29 is 14.3 Å². The van der Waals surface area contributed by atoms with Crippen LogP contribution in [0.1, 0.15) is 51.6 Å². The molecule has 1 unspecified atom stereocenters. The molecule has 0 saturated carbocycles. The molecule has 3 N–H and O–H groups in total. The van der Waals surface area contributed by atoms with Gasteiger partial charge in [0.1, 0.15) is 17.1 Å². The van der Waals surface area contributed by atoms with Crippen molar-refractivity contribution in [3.05, 3.63) is 23.7 Å². The van der Waals surface area contributed by atoms with E-state index in [9.17, 15) is 5.11 Å². The third-order valence-corrected chi connectivity index (χ3v) is 3.56. The molecule has 0 bridgehead atoms. The van der Waals surface area contributed by atoms with Crippen LogP contribution in [0, 0.1) is 6.92 Å². The van der Waals surface area contributed by atoms with Crippen LogP contribution in [0.4, 0.5) is 0 Å². The molecule has 146 valence electrons. The summed E-state index contributed by atoms with van der Waals surface area (Å²) in [5, 5.41) is 17.0. The molecule has 0 aliphatic heterocycles. The maximum atomic E-state index is 10.5. The first-order valence-electron chi connectivity index (χ1n) is 8.88. The minimum absolute atomic E-state index is 0. The van der Waals surface area contributed by atoms with Crippen LogP contribution in [0.15, 0.2) is 21.5 Å². The highest BCUT2D eigenvalue weighted by molar-refractivity contribution is 14.0. The van der Waals surface area contributed by atoms with Gasteiger partial charge >= 0.3 is 0 Å². The average molecular weight is 467 g/mol. The number of nitrogens with one attached hydrogen (secondary N) is 2. The molecule has 0 fully saturated rings. The van der Waals surface area contributed by atoms with Crippen LogP contribution in [0.3, 0.4) is 0 Å². The summed E-state index contributed by atoms with van der Waals surface area (Å²) in [6, 6.07) is 3.63. The van der Waals surface area contributed by atoms with Gasteiger partial charge in [0.2, 0.25) is 0 Å². The fourth-order valence-corrected chi connectivity index (χ4v) is 2.11. The molecule has 1 heterocycles. The third kappa shape index (κ3) is 10.1. The van der Waals surface area contributed by atoms with E-state index in [0.29, 0.717) is 11.7 Å². The number of halogens is 1. The summed E-state index contributed by atoms with van der Waals surface area (Å²) in [5.74, 6) is 2.00. The Kier molecular flexibility index (Phi) is 13.0. The molecule has 7 heteroatoms. The van der Waals surface area contributed by atoms with E-state index in [-0.39, 0.29) is 30.5 Å². The maximum Gasteiger partial charge on any atom is 0.191 e. The van der Waals surface area contributed by atoms with Crippen molar-refractivity contribution in [1.29, 1.82) is 0 Å². The zero-order valence-corrected chi connectivity index (χ0v) is 18.3. The first-order valence-corrected chi connectivity index (χ1v) is 8.88. The third-order valence-electron chi connectivity index (χ3n) is 3.56. The van der Waals surface area contributed by atoms with Crippen LogP contribution in [0.25, 0.3) is 0 Å². The lowest BCUT2D eigenvalue weighted by Crippen LogP contribution is -2.39. The van der Waals surface area contributed by atoms with Gasteiger partial charge in [0.25, 0.3) is 0 Å². The molecule has 1 atom stereocenters. The lowest BCUT2D eigenvalue weighted by Gasteiger charge is -2.19. The van der Waals surface area contributed by atoms with Crippen LogP contribution < -0.4 is 10.6 Å². The van der Waals surface area contributed by atoms with E-state index in [2.05, 4.69) is 22.5 Å². The van der Waals surface area contributed by atoms with Crippen molar-refractivity contribution in [2.75, 3.05) is 32.8 Å². The second-order valence-corrected chi connectivity index (χ2v) is 6.13. The van der Waals surface area contributed by atoms with E-state index < -0.39 is 5.60 Å². The Bertz CT molecular complexity index is 490. The highest BCUT2D eigenvalue weighted by atomic mass is 127. The van der Waals surface area contributed by atoms with Gasteiger partial charge in [-0.15, -0.1) is 24.0 Å². The molecule has 0 amide bonds. The zero-order chi connectivity index (χ0) is 17.8. The fraction of sp³-hybridized carbons (Fsp3) is 0.722. The summed E-state index contributed by atoms with van der Waals surface area (Å²) in [6.07, 6.45) is 3.19. The number of hydrogen-bond acceptors (Lipinski definition) is 4. The Labute approximate surface area is 168 Å². The predicted molar refractivity (Wildman–Crippen MR) is 113 cm³/mol. The molecule has 0 aliphatic rings. The number of aryl methyl sites for hydroxylation is 1. The quantitative estimate of drug-likeness (QED) is 0.202. The molecule has 25 heavy (non-hydrogen) atoms. The van der Waals surface area contributed by atoms with Gasteiger partial charge in [-0.05, 0) is 45.7 Å². The summed E-state index contributed by atoms with van der Waals surface area (Å²) in [4.78, 5) is 4.46. The molecular weight excluding hydrogens is 433 g/mol. The molecule has 0 saturated heterocycles. The molecule has 0 aromatic carbocycles. The van der Waals surface area contributed by atoms with Crippen molar-refractivity contribution in [1.82, 2.24) is 10.6 Å². The van der Waals surface area contributed by atoms with Crippen LogP contribution in [-0.4, -0.2) is 43.9 Å². The lowest BCUT2D eigenvalue weighted by molar-refractivity contribution is 0.0428. The van der Waals surface area contributed by atoms with Crippen molar-refractivity contribution >= 4 is 29.9 Å². The van der Waals surface area contributed by atoms with Crippen molar-refractivity contribution in [2.24, 2.45) is 4.99 Å².